The first-order chi connectivity index (χ1) is 31.3. The Balaban J connectivity index is 1.60. The highest BCUT2D eigenvalue weighted by Gasteiger charge is 2.53. The highest BCUT2D eigenvalue weighted by Crippen LogP contribution is 2.52. The van der Waals surface area contributed by atoms with E-state index in [2.05, 4.69) is 47.4 Å². The van der Waals surface area contributed by atoms with Crippen molar-refractivity contribution in [3.63, 3.8) is 0 Å². The van der Waals surface area contributed by atoms with Gasteiger partial charge < -0.3 is 39.0 Å². The average molecular weight is 901 g/mol. The summed E-state index contributed by atoms with van der Waals surface area (Å²) in [4.78, 5) is 80.2. The minimum absolute atomic E-state index is 0.0254. The fourth-order valence-corrected chi connectivity index (χ4v) is 9.34. The molecule has 0 saturated carbocycles. The number of allylic oxidation sites excluding steroid dienone is 5. The maximum absolute atomic E-state index is 13.9. The van der Waals surface area contributed by atoms with Crippen LogP contribution in [0.2, 0.25) is 0 Å². The second-order valence-electron chi connectivity index (χ2n) is 18.5. The van der Waals surface area contributed by atoms with E-state index in [1.54, 1.807) is 11.0 Å². The van der Waals surface area contributed by atoms with Crippen LogP contribution in [0.25, 0.3) is 44.9 Å². The molecule has 2 N–H and O–H groups in total. The summed E-state index contributed by atoms with van der Waals surface area (Å²) in [5.74, 6) is -2.22. The highest BCUT2D eigenvalue weighted by molar-refractivity contribution is 6.02. The van der Waals surface area contributed by atoms with E-state index in [-0.39, 0.29) is 23.8 Å². The molecule has 0 saturated heterocycles. The molecule has 2 aliphatic heterocycles. The number of carbonyl (C=O) groups is 4. The van der Waals surface area contributed by atoms with Gasteiger partial charge in [-0.3, -0.25) is 19.4 Å². The number of unbranched alkanes of at least 4 members (excludes halogenated alkanes) is 1. The van der Waals surface area contributed by atoms with E-state index in [1.807, 2.05) is 90.3 Å². The zero-order valence-corrected chi connectivity index (χ0v) is 41.0. The lowest BCUT2D eigenvalue weighted by Gasteiger charge is -2.36. The van der Waals surface area contributed by atoms with E-state index in [4.69, 9.17) is 19.4 Å². The van der Waals surface area contributed by atoms with Gasteiger partial charge in [-0.1, -0.05) is 24.8 Å². The normalized spacial score (nSPS) is 16.8. The van der Waals surface area contributed by atoms with Crippen LogP contribution in [0.3, 0.4) is 0 Å². The first-order valence-electron chi connectivity index (χ1n) is 22.8. The largest absolute Gasteiger partial charge is 0.469 e. The predicted molar refractivity (Wildman–Crippen MR) is 263 cm³/mol. The molecule has 1 aliphatic carbocycles. The van der Waals surface area contributed by atoms with Crippen LogP contribution in [0.1, 0.15) is 91.0 Å². The molecule has 352 valence electrons. The van der Waals surface area contributed by atoms with E-state index >= 15 is 0 Å². The van der Waals surface area contributed by atoms with E-state index in [0.717, 1.165) is 98.4 Å². The van der Waals surface area contributed by atoms with Crippen LogP contribution in [0, 0.1) is 19.8 Å². The molecule has 0 fully saturated rings. The lowest BCUT2D eigenvalue weighted by molar-refractivity contribution is -0.149. The van der Waals surface area contributed by atoms with Gasteiger partial charge in [-0.05, 0) is 146 Å². The molecule has 8 bridgehead atoms. The lowest BCUT2D eigenvalue weighted by atomic mass is 9.64. The Morgan fingerprint density at radius 3 is 1.97 bits per heavy atom. The number of ether oxygens (including phenoxy) is 2. The second-order valence-corrected chi connectivity index (χ2v) is 18.5. The first-order valence-corrected chi connectivity index (χ1v) is 22.8. The van der Waals surface area contributed by atoms with Crippen molar-refractivity contribution in [1.29, 1.82) is 0 Å². The summed E-state index contributed by atoms with van der Waals surface area (Å²) in [7, 11) is 14.4. The molecule has 14 heteroatoms. The van der Waals surface area contributed by atoms with Gasteiger partial charge in [0.25, 0.3) is 0 Å². The molecule has 6 rings (SSSR count). The molecule has 0 aromatic carbocycles. The van der Waals surface area contributed by atoms with Crippen molar-refractivity contribution in [3.8, 4) is 0 Å². The monoisotopic (exact) mass is 901 g/mol. The van der Waals surface area contributed by atoms with E-state index in [9.17, 15) is 19.2 Å². The Morgan fingerprint density at radius 1 is 0.712 bits per heavy atom. The molecule has 3 aromatic heterocycles. The molecular weight excluding hydrogens is 833 g/mol. The number of hydrogen-bond acceptors (Lipinski definition) is 10. The van der Waals surface area contributed by atoms with Gasteiger partial charge in [0.2, 0.25) is 11.8 Å². The van der Waals surface area contributed by atoms with Crippen LogP contribution in [0.15, 0.2) is 48.6 Å². The van der Waals surface area contributed by atoms with E-state index in [0.29, 0.717) is 43.7 Å². The standard InChI is InChI=1S/C52H68N8O6/c1-14-34-31(2)40-28-45-38-20-17-37(50(63)65-12)49(51(64)66-13)52(38,5)46(56-45)30-41-33(4)36(19-22-48(62)60(11)26-25-58(8)9)44(55-41)29-43-35(32(3)39(54-43)27-42(34)53-40)18-21-47(61)59(10)24-16-15-23-57(6)7/h14,17,20,27-30,49,53,55H,1,15-16,18-19,21-26H2,2-13H3/t49?,52-/m1/s1. The van der Waals surface area contributed by atoms with Crippen molar-refractivity contribution < 1.29 is 28.7 Å². The molecule has 5 heterocycles. The van der Waals surface area contributed by atoms with Crippen molar-refractivity contribution in [2.45, 2.75) is 71.6 Å². The summed E-state index contributed by atoms with van der Waals surface area (Å²) in [5, 5.41) is 0. The molecule has 0 spiro atoms. The van der Waals surface area contributed by atoms with Crippen LogP contribution >= 0.6 is 0 Å². The fourth-order valence-electron chi connectivity index (χ4n) is 9.34. The number of methoxy groups -OCH3 is 2. The van der Waals surface area contributed by atoms with Gasteiger partial charge in [-0.25, -0.2) is 9.78 Å². The Kier molecular flexibility index (Phi) is 15.4. The van der Waals surface area contributed by atoms with Gasteiger partial charge in [0, 0.05) is 74.2 Å². The summed E-state index contributed by atoms with van der Waals surface area (Å²) in [6, 6.07) is 7.97. The van der Waals surface area contributed by atoms with Gasteiger partial charge in [0.15, 0.2) is 0 Å². The van der Waals surface area contributed by atoms with Crippen LogP contribution in [0.4, 0.5) is 0 Å². The summed E-state index contributed by atoms with van der Waals surface area (Å²) in [5.41, 5.74) is 11.1. The summed E-state index contributed by atoms with van der Waals surface area (Å²) >= 11 is 0. The van der Waals surface area contributed by atoms with Gasteiger partial charge in [0.1, 0.15) is 5.92 Å². The van der Waals surface area contributed by atoms with Gasteiger partial charge >= 0.3 is 11.9 Å². The van der Waals surface area contributed by atoms with E-state index < -0.39 is 23.3 Å². The average Bonchev–Trinajstić information content (AvgIpc) is 3.94. The maximum atomic E-state index is 13.9. The Bertz CT molecular complexity index is 2680. The van der Waals surface area contributed by atoms with Gasteiger partial charge in [0.05, 0.1) is 48.0 Å². The van der Waals surface area contributed by atoms with Crippen molar-refractivity contribution in [1.82, 2.24) is 39.5 Å². The van der Waals surface area contributed by atoms with Crippen molar-refractivity contribution in [2.75, 3.05) is 82.7 Å². The Morgan fingerprint density at radius 2 is 1.32 bits per heavy atom. The zero-order chi connectivity index (χ0) is 48.2. The number of likely N-dealkylation sites (N-methyl/N-ethyl adjacent to an activating group) is 2. The number of amides is 2. The minimum Gasteiger partial charge on any atom is -0.469 e. The molecule has 14 nitrogen and oxygen atoms in total. The second kappa shape index (κ2) is 20.6. The van der Waals surface area contributed by atoms with Gasteiger partial charge in [-0.2, -0.15) is 0 Å². The minimum atomic E-state index is -1.16. The zero-order valence-electron chi connectivity index (χ0n) is 41.0. The predicted octanol–water partition coefficient (Wildman–Crippen LogP) is 7.28. The molecule has 1 unspecified atom stereocenters. The number of nitrogens with one attached hydrogen (secondary N) is 2. The topological polar surface area (TPSA) is 157 Å². The quantitative estimate of drug-likeness (QED) is 0.104. The third-order valence-corrected chi connectivity index (χ3v) is 13.6. The summed E-state index contributed by atoms with van der Waals surface area (Å²) < 4.78 is 10.6. The number of aromatic nitrogens is 4. The lowest BCUT2D eigenvalue weighted by Crippen LogP contribution is -2.42. The van der Waals surface area contributed by atoms with Gasteiger partial charge in [-0.15, -0.1) is 0 Å². The summed E-state index contributed by atoms with van der Waals surface area (Å²) in [6.45, 7) is 15.2. The van der Waals surface area contributed by atoms with Crippen LogP contribution in [0.5, 0.6) is 0 Å². The molecular formula is C52H68N8O6. The number of H-pyrrole nitrogens is 2. The third-order valence-electron chi connectivity index (χ3n) is 13.6. The molecule has 3 aromatic rings. The number of carbonyl (C=O) groups excluding carboxylic acids is 4. The maximum Gasteiger partial charge on any atom is 0.334 e. The molecule has 2 atom stereocenters. The van der Waals surface area contributed by atoms with Crippen LogP contribution < -0.4 is 0 Å². The number of hydrogen-bond donors (Lipinski definition) is 2. The number of aromatic amines is 2. The van der Waals surface area contributed by atoms with Crippen molar-refractivity contribution in [3.05, 3.63) is 93.6 Å². The van der Waals surface area contributed by atoms with Crippen LogP contribution in [-0.2, 0) is 40.5 Å². The number of aryl methyl sites for hydroxylation is 3. The smallest absolute Gasteiger partial charge is 0.334 e. The molecule has 2 amide bonds. The van der Waals surface area contributed by atoms with Crippen LogP contribution in [-0.4, -0.2) is 146 Å². The highest BCUT2D eigenvalue weighted by atomic mass is 16.5. The van der Waals surface area contributed by atoms with Crippen molar-refractivity contribution >= 4 is 68.6 Å². The Hall–Kier alpha value is -6.12. The first kappa shape index (κ1) is 49.3. The summed E-state index contributed by atoms with van der Waals surface area (Å²) in [6.07, 6.45) is 8.72. The molecule has 66 heavy (non-hydrogen) atoms. The van der Waals surface area contributed by atoms with Crippen molar-refractivity contribution in [2.24, 2.45) is 5.92 Å². The molecule has 3 aliphatic rings. The number of fused-ring (bicyclic) bond motifs is 11. The number of esters is 2. The van der Waals surface area contributed by atoms with E-state index in [1.165, 1.54) is 14.2 Å². The Labute approximate surface area is 389 Å². The molecule has 0 radical (unpaired) electrons. The third kappa shape index (κ3) is 9.99. The fraction of sp³-hybridized carbons (Fsp3) is 0.462. The SMILES string of the molecule is C=Cc1c(C)c2cc3nc(cc4[nH]c(cc5nc(cc1[nH]2)C(C)=C5CCC(=O)N(C)CCCCN(C)C)c(CCC(=O)N(C)CCN(C)C)c4C)[C@@]1(C)C3=CC=C(C(=O)OC)C1C(=O)OC. The number of nitrogens with zero attached hydrogens (tertiary/aromatic N) is 6. The number of rotatable bonds is 17.